The fraction of sp³-hybridized carbons (Fsp3) is 0.417. The number of nitrogens with zero attached hydrogens (tertiary/aromatic N) is 1. The van der Waals surface area contributed by atoms with Crippen molar-refractivity contribution in [2.45, 2.75) is 13.5 Å². The number of carboxylic acids is 1. The van der Waals surface area contributed by atoms with Crippen LogP contribution in [0.4, 0.5) is 8.78 Å². The van der Waals surface area contributed by atoms with E-state index < -0.39 is 23.5 Å². The van der Waals surface area contributed by atoms with Gasteiger partial charge in [-0.15, -0.1) is 0 Å². The summed E-state index contributed by atoms with van der Waals surface area (Å²) < 4.78 is 26.0. The highest BCUT2D eigenvalue weighted by atomic mass is 19.1. The predicted molar refractivity (Wildman–Crippen MR) is 59.5 cm³/mol. The van der Waals surface area contributed by atoms with E-state index in [0.717, 1.165) is 6.07 Å². The maximum absolute atomic E-state index is 13.3. The SMILES string of the molecule is CC(CN(C)Cc1ccc(F)cc1F)C(=O)O. The molecule has 1 N–H and O–H groups in total. The summed E-state index contributed by atoms with van der Waals surface area (Å²) in [4.78, 5) is 12.3. The van der Waals surface area contributed by atoms with Gasteiger partial charge in [0, 0.05) is 24.7 Å². The van der Waals surface area contributed by atoms with Crippen LogP contribution in [-0.2, 0) is 11.3 Å². The number of carboxylic acid groups (broad SMARTS) is 1. The third-order valence-corrected chi connectivity index (χ3v) is 2.46. The molecule has 1 rings (SSSR count). The Morgan fingerprint density at radius 1 is 1.47 bits per heavy atom. The average Bonchev–Trinajstić information content (AvgIpc) is 2.22. The summed E-state index contributed by atoms with van der Waals surface area (Å²) in [6, 6.07) is 3.38. The first-order chi connectivity index (χ1) is 7.90. The molecule has 0 amide bonds. The molecular formula is C12H15F2NO2. The van der Waals surface area contributed by atoms with Crippen molar-refractivity contribution in [1.29, 1.82) is 0 Å². The Kier molecular flexibility index (Phi) is 4.57. The molecular weight excluding hydrogens is 228 g/mol. The number of hydrogen-bond donors (Lipinski definition) is 1. The molecule has 0 aliphatic rings. The molecule has 1 atom stereocenters. The standard InChI is InChI=1S/C12H15F2NO2/c1-8(12(16)17)6-15(2)7-9-3-4-10(13)5-11(9)14/h3-5,8H,6-7H2,1-2H3,(H,16,17). The molecule has 0 bridgehead atoms. The summed E-state index contributed by atoms with van der Waals surface area (Å²) in [7, 11) is 1.70. The molecule has 17 heavy (non-hydrogen) atoms. The highest BCUT2D eigenvalue weighted by Crippen LogP contribution is 2.12. The van der Waals surface area contributed by atoms with E-state index in [0.29, 0.717) is 12.1 Å². The van der Waals surface area contributed by atoms with Crippen molar-refractivity contribution in [3.8, 4) is 0 Å². The van der Waals surface area contributed by atoms with Crippen LogP contribution in [0.2, 0.25) is 0 Å². The van der Waals surface area contributed by atoms with Crippen molar-refractivity contribution in [1.82, 2.24) is 4.90 Å². The molecule has 0 radical (unpaired) electrons. The van der Waals surface area contributed by atoms with E-state index in [1.54, 1.807) is 18.9 Å². The zero-order valence-electron chi connectivity index (χ0n) is 9.78. The lowest BCUT2D eigenvalue weighted by Crippen LogP contribution is -2.28. The van der Waals surface area contributed by atoms with E-state index in [4.69, 9.17) is 5.11 Å². The number of carbonyl (C=O) groups is 1. The Morgan fingerprint density at radius 3 is 2.65 bits per heavy atom. The molecule has 0 heterocycles. The molecule has 0 spiro atoms. The Labute approximate surface area is 98.7 Å². The van der Waals surface area contributed by atoms with E-state index in [1.807, 2.05) is 0 Å². The van der Waals surface area contributed by atoms with Gasteiger partial charge in [0.05, 0.1) is 5.92 Å². The normalized spacial score (nSPS) is 12.8. The van der Waals surface area contributed by atoms with Crippen LogP contribution < -0.4 is 0 Å². The highest BCUT2D eigenvalue weighted by molar-refractivity contribution is 5.69. The molecule has 0 aliphatic carbocycles. The average molecular weight is 243 g/mol. The summed E-state index contributed by atoms with van der Waals surface area (Å²) in [6.45, 7) is 2.15. The van der Waals surface area contributed by atoms with Gasteiger partial charge in [0.2, 0.25) is 0 Å². The summed E-state index contributed by atoms with van der Waals surface area (Å²) in [6.07, 6.45) is 0. The van der Waals surface area contributed by atoms with Gasteiger partial charge < -0.3 is 10.0 Å². The first kappa shape index (κ1) is 13.6. The van der Waals surface area contributed by atoms with Crippen LogP contribution in [-0.4, -0.2) is 29.6 Å². The lowest BCUT2D eigenvalue weighted by atomic mass is 10.1. The van der Waals surface area contributed by atoms with Crippen molar-refractivity contribution < 1.29 is 18.7 Å². The largest absolute Gasteiger partial charge is 0.481 e. The van der Waals surface area contributed by atoms with Crippen LogP contribution in [0.25, 0.3) is 0 Å². The van der Waals surface area contributed by atoms with E-state index >= 15 is 0 Å². The molecule has 94 valence electrons. The number of aliphatic carboxylic acids is 1. The maximum Gasteiger partial charge on any atom is 0.307 e. The second kappa shape index (κ2) is 5.72. The molecule has 1 aromatic carbocycles. The van der Waals surface area contributed by atoms with Gasteiger partial charge >= 0.3 is 5.97 Å². The van der Waals surface area contributed by atoms with Crippen LogP contribution in [0, 0.1) is 17.6 Å². The second-order valence-corrected chi connectivity index (χ2v) is 4.17. The van der Waals surface area contributed by atoms with Crippen molar-refractivity contribution >= 4 is 5.97 Å². The molecule has 1 unspecified atom stereocenters. The third kappa shape index (κ3) is 4.11. The fourth-order valence-electron chi connectivity index (χ4n) is 1.55. The first-order valence-electron chi connectivity index (χ1n) is 5.25. The Bertz CT molecular complexity index is 409. The van der Waals surface area contributed by atoms with E-state index in [2.05, 4.69) is 0 Å². The highest BCUT2D eigenvalue weighted by Gasteiger charge is 2.14. The Morgan fingerprint density at radius 2 is 2.12 bits per heavy atom. The molecule has 0 saturated heterocycles. The topological polar surface area (TPSA) is 40.5 Å². The smallest absolute Gasteiger partial charge is 0.307 e. The zero-order chi connectivity index (χ0) is 13.0. The lowest BCUT2D eigenvalue weighted by molar-refractivity contribution is -0.141. The molecule has 5 heteroatoms. The molecule has 1 aromatic rings. The van der Waals surface area contributed by atoms with Gasteiger partial charge in [-0.3, -0.25) is 4.79 Å². The minimum Gasteiger partial charge on any atom is -0.481 e. The van der Waals surface area contributed by atoms with Crippen molar-refractivity contribution in [2.24, 2.45) is 5.92 Å². The van der Waals surface area contributed by atoms with Gasteiger partial charge in [0.25, 0.3) is 0 Å². The quantitative estimate of drug-likeness (QED) is 0.861. The van der Waals surface area contributed by atoms with Gasteiger partial charge in [-0.05, 0) is 13.1 Å². The van der Waals surface area contributed by atoms with Gasteiger partial charge in [0.15, 0.2) is 0 Å². The third-order valence-electron chi connectivity index (χ3n) is 2.46. The van der Waals surface area contributed by atoms with Crippen LogP contribution in [0.3, 0.4) is 0 Å². The molecule has 0 aromatic heterocycles. The van der Waals surface area contributed by atoms with Crippen LogP contribution in [0.1, 0.15) is 12.5 Å². The second-order valence-electron chi connectivity index (χ2n) is 4.17. The van der Waals surface area contributed by atoms with Gasteiger partial charge in [-0.25, -0.2) is 8.78 Å². The van der Waals surface area contributed by atoms with Gasteiger partial charge in [-0.1, -0.05) is 13.0 Å². The van der Waals surface area contributed by atoms with E-state index in [9.17, 15) is 13.6 Å². The Balaban J connectivity index is 2.62. The van der Waals surface area contributed by atoms with Crippen LogP contribution >= 0.6 is 0 Å². The first-order valence-corrected chi connectivity index (χ1v) is 5.25. The summed E-state index contributed by atoms with van der Waals surface area (Å²) in [5.74, 6) is -2.65. The van der Waals surface area contributed by atoms with E-state index in [1.165, 1.54) is 12.1 Å². The van der Waals surface area contributed by atoms with Crippen molar-refractivity contribution in [3.63, 3.8) is 0 Å². The molecule has 0 saturated carbocycles. The van der Waals surface area contributed by atoms with Crippen LogP contribution in [0.5, 0.6) is 0 Å². The molecule has 0 fully saturated rings. The minimum absolute atomic E-state index is 0.254. The minimum atomic E-state index is -0.892. The number of hydrogen-bond acceptors (Lipinski definition) is 2. The monoisotopic (exact) mass is 243 g/mol. The summed E-state index contributed by atoms with van der Waals surface area (Å²) >= 11 is 0. The lowest BCUT2D eigenvalue weighted by Gasteiger charge is -2.19. The van der Waals surface area contributed by atoms with Gasteiger partial charge in [0.1, 0.15) is 11.6 Å². The maximum atomic E-state index is 13.3. The number of benzene rings is 1. The van der Waals surface area contributed by atoms with Gasteiger partial charge in [-0.2, -0.15) is 0 Å². The predicted octanol–water partition coefficient (Wildman–Crippen LogP) is 2.12. The fourth-order valence-corrected chi connectivity index (χ4v) is 1.55. The van der Waals surface area contributed by atoms with Crippen LogP contribution in [0.15, 0.2) is 18.2 Å². The number of halogens is 2. The van der Waals surface area contributed by atoms with Crippen molar-refractivity contribution in [2.75, 3.05) is 13.6 Å². The molecule has 0 aliphatic heterocycles. The summed E-state index contributed by atoms with van der Waals surface area (Å²) in [5, 5.41) is 8.74. The zero-order valence-corrected chi connectivity index (χ0v) is 9.78. The summed E-state index contributed by atoms with van der Waals surface area (Å²) in [5.41, 5.74) is 0.353. The number of rotatable bonds is 5. The van der Waals surface area contributed by atoms with E-state index in [-0.39, 0.29) is 6.54 Å². The Hall–Kier alpha value is -1.49. The van der Waals surface area contributed by atoms with Crippen molar-refractivity contribution in [3.05, 3.63) is 35.4 Å². The molecule has 3 nitrogen and oxygen atoms in total.